The predicted molar refractivity (Wildman–Crippen MR) is 60.9 cm³/mol. The van der Waals surface area contributed by atoms with Crippen LogP contribution in [0.25, 0.3) is 0 Å². The minimum absolute atomic E-state index is 0.253. The highest BCUT2D eigenvalue weighted by Crippen LogP contribution is 2.15. The van der Waals surface area contributed by atoms with Crippen molar-refractivity contribution in [2.75, 3.05) is 19.0 Å². The summed E-state index contributed by atoms with van der Waals surface area (Å²) in [6.45, 7) is 0.523. The number of anilines is 1. The van der Waals surface area contributed by atoms with Gasteiger partial charge in [-0.1, -0.05) is 0 Å². The lowest BCUT2D eigenvalue weighted by atomic mass is 10.2. The maximum absolute atomic E-state index is 12.8. The van der Waals surface area contributed by atoms with E-state index in [4.69, 9.17) is 5.26 Å². The van der Waals surface area contributed by atoms with Crippen LogP contribution in [0.4, 0.5) is 10.1 Å². The smallest absolute Gasteiger partial charge is 0.305 e. The second-order valence-corrected chi connectivity index (χ2v) is 3.41. The fourth-order valence-corrected chi connectivity index (χ4v) is 1.32. The van der Waals surface area contributed by atoms with Gasteiger partial charge in [0.1, 0.15) is 11.9 Å². The maximum atomic E-state index is 12.8. The topological polar surface area (TPSA) is 62.1 Å². The summed E-state index contributed by atoms with van der Waals surface area (Å²) in [6, 6.07) is 5.86. The molecule has 0 heterocycles. The molecule has 0 bridgehead atoms. The summed E-state index contributed by atoms with van der Waals surface area (Å²) in [5.41, 5.74) is 0.821. The predicted octanol–water partition coefficient (Wildman–Crippen LogP) is 2.06. The van der Waals surface area contributed by atoms with Crippen molar-refractivity contribution in [2.24, 2.45) is 0 Å². The van der Waals surface area contributed by atoms with Crippen LogP contribution in [0.2, 0.25) is 0 Å². The normalized spacial score (nSPS) is 9.47. The maximum Gasteiger partial charge on any atom is 0.305 e. The Morgan fingerprint density at radius 2 is 2.35 bits per heavy atom. The minimum atomic E-state index is -0.443. The molecule has 0 saturated heterocycles. The van der Waals surface area contributed by atoms with Crippen molar-refractivity contribution in [3.8, 4) is 6.07 Å². The SMILES string of the molecule is COC(=O)CCCNc1ccc(F)cc1C#N. The first kappa shape index (κ1) is 13.0. The molecule has 4 nitrogen and oxygen atoms in total. The summed E-state index contributed by atoms with van der Waals surface area (Å²) in [7, 11) is 1.34. The molecule has 0 aliphatic heterocycles. The Hall–Kier alpha value is -2.09. The van der Waals surface area contributed by atoms with Gasteiger partial charge in [0.25, 0.3) is 0 Å². The standard InChI is InChI=1S/C12H13FN2O2/c1-17-12(16)3-2-6-15-11-5-4-10(13)7-9(11)8-14/h4-5,7,15H,2-3,6H2,1H3. The van der Waals surface area contributed by atoms with E-state index in [2.05, 4.69) is 10.1 Å². The summed E-state index contributed by atoms with van der Waals surface area (Å²) < 4.78 is 17.3. The number of ether oxygens (including phenoxy) is 1. The molecule has 0 aliphatic rings. The molecule has 5 heteroatoms. The highest BCUT2D eigenvalue weighted by molar-refractivity contribution is 5.69. The number of carbonyl (C=O) groups is 1. The average Bonchev–Trinajstić information content (AvgIpc) is 2.35. The van der Waals surface area contributed by atoms with Crippen LogP contribution in [0.1, 0.15) is 18.4 Å². The lowest BCUT2D eigenvalue weighted by Crippen LogP contribution is -2.07. The first-order chi connectivity index (χ1) is 8.17. The zero-order chi connectivity index (χ0) is 12.7. The van der Waals surface area contributed by atoms with E-state index in [0.717, 1.165) is 0 Å². The number of hydrogen-bond donors (Lipinski definition) is 1. The van der Waals surface area contributed by atoms with E-state index in [1.165, 1.54) is 25.3 Å². The van der Waals surface area contributed by atoms with E-state index >= 15 is 0 Å². The highest BCUT2D eigenvalue weighted by Gasteiger charge is 2.04. The van der Waals surface area contributed by atoms with Crippen LogP contribution in [-0.2, 0) is 9.53 Å². The van der Waals surface area contributed by atoms with E-state index in [0.29, 0.717) is 25.1 Å². The number of halogens is 1. The van der Waals surface area contributed by atoms with Crippen LogP contribution in [-0.4, -0.2) is 19.6 Å². The van der Waals surface area contributed by atoms with Gasteiger partial charge in [-0.05, 0) is 24.6 Å². The highest BCUT2D eigenvalue weighted by atomic mass is 19.1. The van der Waals surface area contributed by atoms with Gasteiger partial charge in [0.05, 0.1) is 18.4 Å². The molecular formula is C12H13FN2O2. The van der Waals surface area contributed by atoms with Crippen LogP contribution in [0.3, 0.4) is 0 Å². The number of methoxy groups -OCH3 is 1. The molecular weight excluding hydrogens is 223 g/mol. The van der Waals surface area contributed by atoms with Gasteiger partial charge in [-0.15, -0.1) is 0 Å². The molecule has 17 heavy (non-hydrogen) atoms. The van der Waals surface area contributed by atoms with Gasteiger partial charge in [-0.3, -0.25) is 4.79 Å². The Morgan fingerprint density at radius 1 is 1.59 bits per heavy atom. The van der Waals surface area contributed by atoms with Crippen molar-refractivity contribution < 1.29 is 13.9 Å². The average molecular weight is 236 g/mol. The fraction of sp³-hybridized carbons (Fsp3) is 0.333. The van der Waals surface area contributed by atoms with Crippen LogP contribution < -0.4 is 5.32 Å². The second kappa shape index (κ2) is 6.48. The molecule has 0 fully saturated rings. The van der Waals surface area contributed by atoms with Gasteiger partial charge in [0.15, 0.2) is 0 Å². The summed E-state index contributed by atoms with van der Waals surface area (Å²) in [4.78, 5) is 10.8. The summed E-state index contributed by atoms with van der Waals surface area (Å²) in [5.74, 6) is -0.715. The minimum Gasteiger partial charge on any atom is -0.469 e. The Kier molecular flexibility index (Phi) is 4.95. The van der Waals surface area contributed by atoms with Gasteiger partial charge in [0, 0.05) is 13.0 Å². The Bertz CT molecular complexity index is 441. The Balaban J connectivity index is 2.47. The van der Waals surface area contributed by atoms with E-state index in [-0.39, 0.29) is 11.5 Å². The van der Waals surface area contributed by atoms with Crippen LogP contribution in [0, 0.1) is 17.1 Å². The molecule has 0 atom stereocenters. The summed E-state index contributed by atoms with van der Waals surface area (Å²) >= 11 is 0. The number of rotatable bonds is 5. The lowest BCUT2D eigenvalue weighted by molar-refractivity contribution is -0.140. The Labute approximate surface area is 99.0 Å². The van der Waals surface area contributed by atoms with Gasteiger partial charge < -0.3 is 10.1 Å². The number of nitrogens with zero attached hydrogens (tertiary/aromatic N) is 1. The molecule has 1 aromatic carbocycles. The van der Waals surface area contributed by atoms with Crippen LogP contribution in [0.15, 0.2) is 18.2 Å². The Morgan fingerprint density at radius 3 is 3.00 bits per heavy atom. The molecule has 0 radical (unpaired) electrons. The third kappa shape index (κ3) is 4.11. The molecule has 90 valence electrons. The molecule has 1 N–H and O–H groups in total. The van der Waals surface area contributed by atoms with Gasteiger partial charge >= 0.3 is 5.97 Å². The zero-order valence-electron chi connectivity index (χ0n) is 9.50. The zero-order valence-corrected chi connectivity index (χ0v) is 9.50. The van der Waals surface area contributed by atoms with Crippen LogP contribution in [0.5, 0.6) is 0 Å². The molecule has 0 aliphatic carbocycles. The van der Waals surface area contributed by atoms with Crippen molar-refractivity contribution in [1.29, 1.82) is 5.26 Å². The number of nitrogens with one attached hydrogen (secondary N) is 1. The third-order valence-corrected chi connectivity index (χ3v) is 2.20. The molecule has 0 amide bonds. The van der Waals surface area contributed by atoms with Gasteiger partial charge in [0.2, 0.25) is 0 Å². The number of esters is 1. The number of benzene rings is 1. The third-order valence-electron chi connectivity index (χ3n) is 2.20. The van der Waals surface area contributed by atoms with E-state index in [1.54, 1.807) is 0 Å². The number of carbonyl (C=O) groups excluding carboxylic acids is 1. The summed E-state index contributed by atoms with van der Waals surface area (Å²) in [6.07, 6.45) is 0.904. The van der Waals surface area contributed by atoms with Crippen molar-refractivity contribution in [3.63, 3.8) is 0 Å². The lowest BCUT2D eigenvalue weighted by Gasteiger charge is -2.07. The van der Waals surface area contributed by atoms with Gasteiger partial charge in [-0.2, -0.15) is 5.26 Å². The van der Waals surface area contributed by atoms with Crippen molar-refractivity contribution in [2.45, 2.75) is 12.8 Å². The molecule has 0 unspecified atom stereocenters. The van der Waals surface area contributed by atoms with E-state index in [9.17, 15) is 9.18 Å². The number of nitriles is 1. The van der Waals surface area contributed by atoms with Crippen molar-refractivity contribution in [3.05, 3.63) is 29.6 Å². The first-order valence-electron chi connectivity index (χ1n) is 5.17. The van der Waals surface area contributed by atoms with Gasteiger partial charge in [-0.25, -0.2) is 4.39 Å². The summed E-state index contributed by atoms with van der Waals surface area (Å²) in [5, 5.41) is 11.8. The second-order valence-electron chi connectivity index (χ2n) is 3.41. The molecule has 1 rings (SSSR count). The van der Waals surface area contributed by atoms with Crippen molar-refractivity contribution in [1.82, 2.24) is 0 Å². The van der Waals surface area contributed by atoms with Crippen LogP contribution >= 0.6 is 0 Å². The molecule has 0 aromatic heterocycles. The fourth-order valence-electron chi connectivity index (χ4n) is 1.32. The first-order valence-corrected chi connectivity index (χ1v) is 5.17. The largest absolute Gasteiger partial charge is 0.469 e. The van der Waals surface area contributed by atoms with Crippen molar-refractivity contribution >= 4 is 11.7 Å². The van der Waals surface area contributed by atoms with E-state index in [1.807, 2.05) is 6.07 Å². The molecule has 1 aromatic rings. The molecule has 0 spiro atoms. The quantitative estimate of drug-likeness (QED) is 0.628. The molecule has 0 saturated carbocycles. The number of hydrogen-bond acceptors (Lipinski definition) is 4. The monoisotopic (exact) mass is 236 g/mol. The van der Waals surface area contributed by atoms with E-state index < -0.39 is 5.82 Å².